The van der Waals surface area contributed by atoms with Gasteiger partial charge in [0.15, 0.2) is 0 Å². The Hall–Kier alpha value is -1.18. The minimum absolute atomic E-state index is 0.0564. The van der Waals surface area contributed by atoms with Crippen molar-refractivity contribution in [2.75, 3.05) is 19.8 Å². The Bertz CT molecular complexity index is 340. The molecule has 0 radical (unpaired) electrons. The van der Waals surface area contributed by atoms with Crippen LogP contribution in [0, 0.1) is 5.92 Å². The maximum Gasteiger partial charge on any atom is 0.320 e. The molecule has 110 valence electrons. The van der Waals surface area contributed by atoms with Crippen molar-refractivity contribution in [1.82, 2.24) is 10.6 Å². The fraction of sp³-hybridized carbons (Fsp3) is 0.833. The van der Waals surface area contributed by atoms with Gasteiger partial charge in [-0.15, -0.1) is 0 Å². The first-order chi connectivity index (χ1) is 8.77. The number of amides is 1. The zero-order valence-electron chi connectivity index (χ0n) is 11.6. The van der Waals surface area contributed by atoms with Crippen LogP contribution < -0.4 is 16.4 Å². The molecule has 19 heavy (non-hydrogen) atoms. The maximum absolute atomic E-state index is 11.5. The summed E-state index contributed by atoms with van der Waals surface area (Å²) >= 11 is 0. The summed E-state index contributed by atoms with van der Waals surface area (Å²) < 4.78 is 5.15. The summed E-state index contributed by atoms with van der Waals surface area (Å²) in [7, 11) is 0. The molecule has 0 spiro atoms. The molecule has 5 N–H and O–H groups in total. The Balaban J connectivity index is 2.60. The van der Waals surface area contributed by atoms with E-state index in [-0.39, 0.29) is 11.8 Å². The smallest absolute Gasteiger partial charge is 0.320 e. The van der Waals surface area contributed by atoms with Crippen molar-refractivity contribution in [1.29, 1.82) is 0 Å². The summed E-state index contributed by atoms with van der Waals surface area (Å²) in [4.78, 5) is 22.7. The summed E-state index contributed by atoms with van der Waals surface area (Å²) in [5.74, 6) is -1.22. The highest BCUT2D eigenvalue weighted by atomic mass is 16.5. The van der Waals surface area contributed by atoms with Crippen molar-refractivity contribution in [2.45, 2.75) is 38.4 Å². The third-order valence-electron chi connectivity index (χ3n) is 3.17. The van der Waals surface area contributed by atoms with Crippen LogP contribution in [-0.2, 0) is 14.3 Å². The lowest BCUT2D eigenvalue weighted by Gasteiger charge is -2.44. The van der Waals surface area contributed by atoms with Crippen molar-refractivity contribution < 1.29 is 19.4 Å². The van der Waals surface area contributed by atoms with Crippen LogP contribution in [0.15, 0.2) is 0 Å². The molecule has 0 unspecified atom stereocenters. The van der Waals surface area contributed by atoms with E-state index >= 15 is 0 Å². The molecule has 0 aromatic rings. The minimum atomic E-state index is -0.903. The molecular weight excluding hydrogens is 250 g/mol. The fourth-order valence-corrected chi connectivity index (χ4v) is 1.85. The normalized spacial score (nSPS) is 20.5. The Morgan fingerprint density at radius 1 is 1.37 bits per heavy atom. The molecule has 1 amide bonds. The molecule has 0 saturated carbocycles. The number of hydrogen-bond acceptors (Lipinski definition) is 5. The highest BCUT2D eigenvalue weighted by Crippen LogP contribution is 2.19. The first kappa shape index (κ1) is 15.9. The summed E-state index contributed by atoms with van der Waals surface area (Å²) in [5, 5.41) is 15.0. The number of carbonyl (C=O) groups is 2. The number of rotatable bonds is 7. The summed E-state index contributed by atoms with van der Waals surface area (Å²) in [5.41, 5.74) is 4.95. The van der Waals surface area contributed by atoms with E-state index in [1.165, 1.54) is 0 Å². The molecule has 1 heterocycles. The molecule has 0 bridgehead atoms. The van der Waals surface area contributed by atoms with E-state index in [0.717, 1.165) is 0 Å². The van der Waals surface area contributed by atoms with Crippen molar-refractivity contribution in [2.24, 2.45) is 11.7 Å². The molecule has 0 aliphatic carbocycles. The van der Waals surface area contributed by atoms with Gasteiger partial charge in [0.25, 0.3) is 0 Å². The Morgan fingerprint density at radius 2 is 1.95 bits per heavy atom. The number of hydrogen-bond donors (Lipinski definition) is 4. The highest BCUT2D eigenvalue weighted by molar-refractivity contribution is 5.81. The molecule has 7 nitrogen and oxygen atoms in total. The van der Waals surface area contributed by atoms with Gasteiger partial charge in [0.05, 0.1) is 24.8 Å². The molecule has 1 aliphatic heterocycles. The summed E-state index contributed by atoms with van der Waals surface area (Å²) in [6, 6.07) is -1.26. The lowest BCUT2D eigenvalue weighted by atomic mass is 9.92. The van der Waals surface area contributed by atoms with Crippen molar-refractivity contribution in [3.63, 3.8) is 0 Å². The van der Waals surface area contributed by atoms with Crippen LogP contribution in [0.1, 0.15) is 20.8 Å². The standard InChI is InChI=1S/C12H23N3O4/c1-7(2)9(11(17)18)15-12(5-19-6-12)4-14-10(16)8(3)13/h7-9,15H,4-6,13H2,1-3H3,(H,14,16)(H,17,18)/t8-,9-/m0/s1. The highest BCUT2D eigenvalue weighted by Gasteiger charge is 2.42. The number of carboxylic acids is 1. The first-order valence-electron chi connectivity index (χ1n) is 6.39. The first-order valence-corrected chi connectivity index (χ1v) is 6.39. The van der Waals surface area contributed by atoms with Gasteiger partial charge in [-0.2, -0.15) is 0 Å². The van der Waals surface area contributed by atoms with Crippen LogP contribution in [0.2, 0.25) is 0 Å². The van der Waals surface area contributed by atoms with Crippen molar-refractivity contribution >= 4 is 11.9 Å². The zero-order valence-corrected chi connectivity index (χ0v) is 11.6. The average Bonchev–Trinajstić information content (AvgIpc) is 2.25. The SMILES string of the molecule is CC(C)[C@H](NC1(CNC(=O)[C@H](C)N)COC1)C(=O)O. The molecule has 2 atom stereocenters. The van der Waals surface area contributed by atoms with Gasteiger partial charge >= 0.3 is 5.97 Å². The second kappa shape index (κ2) is 6.31. The third kappa shape index (κ3) is 4.15. The molecule has 1 fully saturated rings. The second-order valence-electron chi connectivity index (χ2n) is 5.48. The Labute approximate surface area is 112 Å². The quantitative estimate of drug-likeness (QED) is 0.469. The van der Waals surface area contributed by atoms with Gasteiger partial charge in [0.2, 0.25) is 5.91 Å². The second-order valence-corrected chi connectivity index (χ2v) is 5.48. The van der Waals surface area contributed by atoms with Crippen molar-refractivity contribution in [3.8, 4) is 0 Å². The third-order valence-corrected chi connectivity index (χ3v) is 3.17. The zero-order chi connectivity index (χ0) is 14.6. The number of carbonyl (C=O) groups excluding carboxylic acids is 1. The minimum Gasteiger partial charge on any atom is -0.480 e. The molecule has 7 heteroatoms. The predicted molar refractivity (Wildman–Crippen MR) is 69.6 cm³/mol. The average molecular weight is 273 g/mol. The van der Waals surface area contributed by atoms with E-state index < -0.39 is 23.6 Å². The van der Waals surface area contributed by atoms with E-state index in [2.05, 4.69) is 10.6 Å². The maximum atomic E-state index is 11.5. The molecule has 0 aromatic heterocycles. The Morgan fingerprint density at radius 3 is 2.26 bits per heavy atom. The lowest BCUT2D eigenvalue weighted by Crippen LogP contribution is -2.70. The number of nitrogens with two attached hydrogens (primary N) is 1. The number of ether oxygens (including phenoxy) is 1. The van der Waals surface area contributed by atoms with Gasteiger partial charge in [-0.25, -0.2) is 0 Å². The van der Waals surface area contributed by atoms with Gasteiger partial charge in [-0.1, -0.05) is 13.8 Å². The van der Waals surface area contributed by atoms with Gasteiger partial charge in [0, 0.05) is 6.54 Å². The summed E-state index contributed by atoms with van der Waals surface area (Å²) in [6.07, 6.45) is 0. The van der Waals surface area contributed by atoms with Crippen LogP contribution in [0.4, 0.5) is 0 Å². The molecule has 1 rings (SSSR count). The van der Waals surface area contributed by atoms with E-state index in [4.69, 9.17) is 10.5 Å². The van der Waals surface area contributed by atoms with Crippen LogP contribution in [0.5, 0.6) is 0 Å². The molecular formula is C12H23N3O4. The molecule has 1 aliphatic rings. The Kier molecular flexibility index (Phi) is 5.28. The van der Waals surface area contributed by atoms with E-state index in [1.807, 2.05) is 13.8 Å². The van der Waals surface area contributed by atoms with E-state index in [1.54, 1.807) is 6.92 Å². The topological polar surface area (TPSA) is 114 Å². The fourth-order valence-electron chi connectivity index (χ4n) is 1.85. The van der Waals surface area contributed by atoms with Crippen LogP contribution in [0.3, 0.4) is 0 Å². The number of carboxylic acid groups (broad SMARTS) is 1. The predicted octanol–water partition coefficient (Wildman–Crippen LogP) is -1.08. The van der Waals surface area contributed by atoms with Gasteiger partial charge < -0.3 is 20.9 Å². The van der Waals surface area contributed by atoms with Crippen molar-refractivity contribution in [3.05, 3.63) is 0 Å². The summed E-state index contributed by atoms with van der Waals surface area (Å²) in [6.45, 7) is 6.33. The van der Waals surface area contributed by atoms with Gasteiger partial charge in [-0.3, -0.25) is 14.9 Å². The number of nitrogens with one attached hydrogen (secondary N) is 2. The van der Waals surface area contributed by atoms with Crippen LogP contribution >= 0.6 is 0 Å². The van der Waals surface area contributed by atoms with E-state index in [9.17, 15) is 14.7 Å². The largest absolute Gasteiger partial charge is 0.480 e. The van der Waals surface area contributed by atoms with E-state index in [0.29, 0.717) is 19.8 Å². The monoisotopic (exact) mass is 273 g/mol. The van der Waals surface area contributed by atoms with Crippen LogP contribution in [0.25, 0.3) is 0 Å². The van der Waals surface area contributed by atoms with Crippen LogP contribution in [-0.4, -0.2) is 54.4 Å². The number of aliphatic carboxylic acids is 1. The van der Waals surface area contributed by atoms with Gasteiger partial charge in [-0.05, 0) is 12.8 Å². The molecule has 0 aromatic carbocycles. The lowest BCUT2D eigenvalue weighted by molar-refractivity contribution is -0.145. The molecule has 1 saturated heterocycles. The van der Waals surface area contributed by atoms with Gasteiger partial charge in [0.1, 0.15) is 6.04 Å².